The molecule has 0 saturated carbocycles. The monoisotopic (exact) mass is 390 g/mol. The molecular formula is C16H18ClF3N4O2. The molecule has 1 atom stereocenters. The van der Waals surface area contributed by atoms with Crippen molar-refractivity contribution < 1.29 is 22.7 Å². The first-order valence-corrected chi connectivity index (χ1v) is 8.43. The van der Waals surface area contributed by atoms with E-state index >= 15 is 0 Å². The number of hydrogen-bond acceptors (Lipinski definition) is 4. The standard InChI is InChI=1S/C16H18ClF3N4O2/c1-15(2,3)26-14(25)23-5-4-9(8-23)24-13-7-11(17)10(16(18,19)20)6-12(13)21-22-24/h6-7,9H,4-5,8H2,1-3H3. The summed E-state index contributed by atoms with van der Waals surface area (Å²) in [6, 6.07) is 1.90. The van der Waals surface area contributed by atoms with Crippen LogP contribution in [0.4, 0.5) is 18.0 Å². The Morgan fingerprint density at radius 3 is 2.62 bits per heavy atom. The summed E-state index contributed by atoms with van der Waals surface area (Å²) >= 11 is 5.80. The summed E-state index contributed by atoms with van der Waals surface area (Å²) in [5.41, 5.74) is -1.03. The number of carbonyl (C=O) groups excluding carboxylic acids is 1. The maximum atomic E-state index is 13.0. The van der Waals surface area contributed by atoms with E-state index < -0.39 is 28.5 Å². The molecule has 3 rings (SSSR count). The van der Waals surface area contributed by atoms with Crippen molar-refractivity contribution in [3.05, 3.63) is 22.7 Å². The summed E-state index contributed by atoms with van der Waals surface area (Å²) in [6.07, 6.45) is -4.39. The summed E-state index contributed by atoms with van der Waals surface area (Å²) in [6.45, 7) is 6.15. The van der Waals surface area contributed by atoms with E-state index in [0.29, 0.717) is 25.0 Å². The third-order valence-corrected chi connectivity index (χ3v) is 4.34. The van der Waals surface area contributed by atoms with Gasteiger partial charge >= 0.3 is 12.3 Å². The molecule has 1 aromatic heterocycles. The Hall–Kier alpha value is -2.03. The highest BCUT2D eigenvalue weighted by atomic mass is 35.5. The van der Waals surface area contributed by atoms with Crippen molar-refractivity contribution in [2.45, 2.75) is 45.0 Å². The van der Waals surface area contributed by atoms with E-state index in [4.69, 9.17) is 16.3 Å². The molecule has 2 aromatic rings. The van der Waals surface area contributed by atoms with Crippen LogP contribution in [0, 0.1) is 0 Å². The van der Waals surface area contributed by atoms with Gasteiger partial charge < -0.3 is 9.64 Å². The smallest absolute Gasteiger partial charge is 0.417 e. The van der Waals surface area contributed by atoms with Gasteiger partial charge in [0.15, 0.2) is 0 Å². The molecule has 1 fully saturated rings. The van der Waals surface area contributed by atoms with Gasteiger partial charge in [-0.2, -0.15) is 13.2 Å². The highest BCUT2D eigenvalue weighted by Crippen LogP contribution is 2.37. The van der Waals surface area contributed by atoms with Gasteiger partial charge in [0.2, 0.25) is 0 Å². The van der Waals surface area contributed by atoms with Crippen LogP contribution in [0.2, 0.25) is 5.02 Å². The van der Waals surface area contributed by atoms with Gasteiger partial charge in [-0.25, -0.2) is 9.48 Å². The van der Waals surface area contributed by atoms with E-state index in [1.165, 1.54) is 10.7 Å². The number of fused-ring (bicyclic) bond motifs is 1. The fourth-order valence-electron chi connectivity index (χ4n) is 2.88. The van der Waals surface area contributed by atoms with Crippen LogP contribution in [0.15, 0.2) is 12.1 Å². The summed E-state index contributed by atoms with van der Waals surface area (Å²) in [4.78, 5) is 13.7. The highest BCUT2D eigenvalue weighted by molar-refractivity contribution is 6.32. The van der Waals surface area contributed by atoms with Crippen LogP contribution in [-0.4, -0.2) is 44.7 Å². The average molecular weight is 391 g/mol. The van der Waals surface area contributed by atoms with Crippen LogP contribution >= 0.6 is 11.6 Å². The number of amides is 1. The van der Waals surface area contributed by atoms with E-state index in [9.17, 15) is 18.0 Å². The Morgan fingerprint density at radius 1 is 1.31 bits per heavy atom. The van der Waals surface area contributed by atoms with E-state index in [-0.39, 0.29) is 11.6 Å². The van der Waals surface area contributed by atoms with Gasteiger partial charge in [-0.1, -0.05) is 16.8 Å². The maximum Gasteiger partial charge on any atom is 0.417 e. The number of halogens is 4. The van der Waals surface area contributed by atoms with Crippen molar-refractivity contribution in [1.29, 1.82) is 0 Å². The van der Waals surface area contributed by atoms with Gasteiger partial charge in [0.25, 0.3) is 0 Å². The Kier molecular flexibility index (Phi) is 4.54. The quantitative estimate of drug-likeness (QED) is 0.729. The van der Waals surface area contributed by atoms with E-state index in [2.05, 4.69) is 10.3 Å². The lowest BCUT2D eigenvalue weighted by molar-refractivity contribution is -0.137. The van der Waals surface area contributed by atoms with Crippen LogP contribution in [0.1, 0.15) is 38.8 Å². The van der Waals surface area contributed by atoms with E-state index in [1.54, 1.807) is 25.7 Å². The molecule has 1 aliphatic heterocycles. The number of rotatable bonds is 1. The summed E-state index contributed by atoms with van der Waals surface area (Å²) in [5, 5.41) is 7.39. The molecule has 10 heteroatoms. The molecule has 1 unspecified atom stereocenters. The first kappa shape index (κ1) is 18.8. The topological polar surface area (TPSA) is 60.2 Å². The van der Waals surface area contributed by atoms with Gasteiger partial charge in [0, 0.05) is 13.1 Å². The molecular weight excluding hydrogens is 373 g/mol. The number of carbonyl (C=O) groups is 1. The Bertz CT molecular complexity index is 844. The number of likely N-dealkylation sites (tertiary alicyclic amines) is 1. The van der Waals surface area contributed by atoms with Gasteiger partial charge in [0.1, 0.15) is 11.1 Å². The Labute approximate surface area is 152 Å². The largest absolute Gasteiger partial charge is 0.444 e. The molecule has 26 heavy (non-hydrogen) atoms. The number of benzene rings is 1. The summed E-state index contributed by atoms with van der Waals surface area (Å²) in [7, 11) is 0. The Morgan fingerprint density at radius 2 is 2.00 bits per heavy atom. The molecule has 0 spiro atoms. The summed E-state index contributed by atoms with van der Waals surface area (Å²) in [5.74, 6) is 0. The Balaban J connectivity index is 1.84. The van der Waals surface area contributed by atoms with Crippen LogP contribution in [0.3, 0.4) is 0 Å². The van der Waals surface area contributed by atoms with Crippen molar-refractivity contribution in [2.75, 3.05) is 13.1 Å². The van der Waals surface area contributed by atoms with Crippen molar-refractivity contribution in [1.82, 2.24) is 19.9 Å². The number of alkyl halides is 3. The molecule has 0 N–H and O–H groups in total. The second-order valence-electron chi connectivity index (χ2n) is 7.22. The number of ether oxygens (including phenoxy) is 1. The zero-order chi connectivity index (χ0) is 19.3. The average Bonchev–Trinajstić information content (AvgIpc) is 3.09. The SMILES string of the molecule is CC(C)(C)OC(=O)N1CCC(n2nnc3cc(C(F)(F)F)c(Cl)cc32)C1. The molecule has 0 radical (unpaired) electrons. The normalized spacial score (nSPS) is 18.6. The maximum absolute atomic E-state index is 13.0. The van der Waals surface area contributed by atoms with Crippen molar-refractivity contribution >= 4 is 28.7 Å². The molecule has 0 aliphatic carbocycles. The first-order chi connectivity index (χ1) is 12.0. The molecule has 1 aromatic carbocycles. The number of nitrogens with zero attached hydrogens (tertiary/aromatic N) is 4. The third-order valence-electron chi connectivity index (χ3n) is 4.03. The van der Waals surface area contributed by atoms with Gasteiger partial charge in [-0.3, -0.25) is 0 Å². The summed E-state index contributed by atoms with van der Waals surface area (Å²) < 4.78 is 45.7. The van der Waals surface area contributed by atoms with Crippen LogP contribution in [0.25, 0.3) is 11.0 Å². The van der Waals surface area contributed by atoms with Gasteiger partial charge in [-0.15, -0.1) is 5.10 Å². The lowest BCUT2D eigenvalue weighted by Crippen LogP contribution is -2.35. The fourth-order valence-corrected chi connectivity index (χ4v) is 3.15. The minimum Gasteiger partial charge on any atom is -0.444 e. The molecule has 142 valence electrons. The predicted molar refractivity (Wildman–Crippen MR) is 89.0 cm³/mol. The lowest BCUT2D eigenvalue weighted by atomic mass is 10.1. The number of hydrogen-bond donors (Lipinski definition) is 0. The predicted octanol–water partition coefficient (Wildman–Crippen LogP) is 4.29. The molecule has 1 saturated heterocycles. The molecule has 0 bridgehead atoms. The lowest BCUT2D eigenvalue weighted by Gasteiger charge is -2.24. The van der Waals surface area contributed by atoms with Crippen LogP contribution in [0.5, 0.6) is 0 Å². The minimum atomic E-state index is -4.56. The van der Waals surface area contributed by atoms with Gasteiger partial charge in [0.05, 0.1) is 22.1 Å². The van der Waals surface area contributed by atoms with E-state index in [0.717, 1.165) is 6.07 Å². The molecule has 2 heterocycles. The molecule has 6 nitrogen and oxygen atoms in total. The molecule has 1 amide bonds. The highest BCUT2D eigenvalue weighted by Gasteiger charge is 2.35. The fraction of sp³-hybridized carbons (Fsp3) is 0.562. The number of aromatic nitrogens is 3. The minimum absolute atomic E-state index is 0.109. The van der Waals surface area contributed by atoms with Crippen molar-refractivity contribution in [3.8, 4) is 0 Å². The molecule has 1 aliphatic rings. The third kappa shape index (κ3) is 3.72. The second-order valence-corrected chi connectivity index (χ2v) is 7.63. The zero-order valence-electron chi connectivity index (χ0n) is 14.5. The zero-order valence-corrected chi connectivity index (χ0v) is 15.2. The second kappa shape index (κ2) is 6.29. The van der Waals surface area contributed by atoms with E-state index in [1.807, 2.05) is 0 Å². The van der Waals surface area contributed by atoms with Crippen LogP contribution in [-0.2, 0) is 10.9 Å². The van der Waals surface area contributed by atoms with Crippen LogP contribution < -0.4 is 0 Å². The van der Waals surface area contributed by atoms with Crippen molar-refractivity contribution in [3.63, 3.8) is 0 Å². The van der Waals surface area contributed by atoms with Crippen molar-refractivity contribution in [2.24, 2.45) is 0 Å². The first-order valence-electron chi connectivity index (χ1n) is 8.05. The van der Waals surface area contributed by atoms with Gasteiger partial charge in [-0.05, 0) is 39.3 Å².